The van der Waals surface area contributed by atoms with Crippen LogP contribution in [0.1, 0.15) is 48.2 Å². The van der Waals surface area contributed by atoms with E-state index in [1.165, 1.54) is 18.7 Å². The minimum Gasteiger partial charge on any atom is -0.504 e. The highest BCUT2D eigenvalue weighted by Crippen LogP contribution is 2.26. The first-order valence-electron chi connectivity index (χ1n) is 7.74. The third-order valence-electron chi connectivity index (χ3n) is 3.76. The lowest BCUT2D eigenvalue weighted by atomic mass is 10.0. The van der Waals surface area contributed by atoms with Crippen molar-refractivity contribution in [3.8, 4) is 11.5 Å². The van der Waals surface area contributed by atoms with Gasteiger partial charge in [-0.3, -0.25) is 4.79 Å². The Morgan fingerprint density at radius 2 is 1.75 bits per heavy atom. The number of nitrogens with one attached hydrogen (secondary N) is 1. The Hall–Kier alpha value is -2.82. The zero-order valence-corrected chi connectivity index (χ0v) is 14.3. The Kier molecular flexibility index (Phi) is 5.58. The summed E-state index contributed by atoms with van der Waals surface area (Å²) in [4.78, 5) is 12.2. The summed E-state index contributed by atoms with van der Waals surface area (Å²) >= 11 is 0. The van der Waals surface area contributed by atoms with Crippen molar-refractivity contribution in [2.45, 2.75) is 26.7 Å². The van der Waals surface area contributed by atoms with Gasteiger partial charge < -0.3 is 9.84 Å². The third kappa shape index (κ3) is 4.13. The summed E-state index contributed by atoms with van der Waals surface area (Å²) in [7, 11) is 1.48. The van der Waals surface area contributed by atoms with Gasteiger partial charge in [0, 0.05) is 11.1 Å². The van der Waals surface area contributed by atoms with Crippen LogP contribution in [-0.4, -0.2) is 23.8 Å². The Balaban J connectivity index is 2.10. The minimum absolute atomic E-state index is 0.0586. The van der Waals surface area contributed by atoms with E-state index in [0.717, 1.165) is 5.56 Å². The van der Waals surface area contributed by atoms with Crippen LogP contribution in [0.5, 0.6) is 11.5 Å². The highest BCUT2D eigenvalue weighted by atomic mass is 16.5. The molecule has 0 saturated heterocycles. The summed E-state index contributed by atoms with van der Waals surface area (Å²) in [5.74, 6) is 0.572. The van der Waals surface area contributed by atoms with Crippen molar-refractivity contribution in [3.63, 3.8) is 0 Å². The molecule has 0 unspecified atom stereocenters. The van der Waals surface area contributed by atoms with Gasteiger partial charge >= 0.3 is 0 Å². The number of methoxy groups -OCH3 is 1. The van der Waals surface area contributed by atoms with Crippen molar-refractivity contribution < 1.29 is 14.6 Å². The number of phenolic OH excluding ortho intramolecular Hbond substituents is 1. The summed E-state index contributed by atoms with van der Waals surface area (Å²) in [6.07, 6.45) is 0. The number of ether oxygens (including phenoxy) is 1. The first kappa shape index (κ1) is 17.5. The van der Waals surface area contributed by atoms with E-state index in [9.17, 15) is 9.90 Å². The molecule has 0 fully saturated rings. The lowest BCUT2D eigenvalue weighted by molar-refractivity contribution is 0.0955. The number of benzene rings is 2. The molecule has 0 spiro atoms. The van der Waals surface area contributed by atoms with Crippen LogP contribution in [-0.2, 0) is 0 Å². The highest BCUT2D eigenvalue weighted by Gasteiger charge is 2.08. The SMILES string of the molecule is COc1cc(/C(C)=N/NC(=O)c2ccc(C(C)C)cc2)ccc1O. The van der Waals surface area contributed by atoms with Gasteiger partial charge in [-0.2, -0.15) is 5.10 Å². The highest BCUT2D eigenvalue weighted by molar-refractivity contribution is 6.01. The van der Waals surface area contributed by atoms with Gasteiger partial charge in [0.25, 0.3) is 5.91 Å². The van der Waals surface area contributed by atoms with Crippen LogP contribution in [0.2, 0.25) is 0 Å². The van der Waals surface area contributed by atoms with Crippen molar-refractivity contribution in [3.05, 3.63) is 59.2 Å². The molecule has 0 radical (unpaired) electrons. The summed E-state index contributed by atoms with van der Waals surface area (Å²) in [6, 6.07) is 12.4. The van der Waals surface area contributed by atoms with E-state index in [0.29, 0.717) is 22.9 Å². The summed E-state index contributed by atoms with van der Waals surface area (Å²) < 4.78 is 5.07. The number of aromatic hydroxyl groups is 1. The third-order valence-corrected chi connectivity index (χ3v) is 3.76. The lowest BCUT2D eigenvalue weighted by Gasteiger charge is -2.08. The Labute approximate surface area is 142 Å². The van der Waals surface area contributed by atoms with Crippen molar-refractivity contribution in [1.82, 2.24) is 5.43 Å². The minimum atomic E-state index is -0.268. The zero-order valence-electron chi connectivity index (χ0n) is 14.3. The van der Waals surface area contributed by atoms with Gasteiger partial charge in [-0.05, 0) is 48.7 Å². The smallest absolute Gasteiger partial charge is 0.271 e. The van der Waals surface area contributed by atoms with E-state index < -0.39 is 0 Å². The standard InChI is InChI=1S/C19H22N2O3/c1-12(2)14-5-7-15(8-6-14)19(23)21-20-13(3)16-9-10-17(22)18(11-16)24-4/h5-12,22H,1-4H3,(H,21,23)/b20-13+. The van der Waals surface area contributed by atoms with E-state index in [1.54, 1.807) is 31.2 Å². The van der Waals surface area contributed by atoms with Gasteiger partial charge in [-0.25, -0.2) is 5.43 Å². The number of nitrogens with zero attached hydrogens (tertiary/aromatic N) is 1. The number of phenols is 1. The van der Waals surface area contributed by atoms with Gasteiger partial charge in [0.2, 0.25) is 0 Å². The molecule has 24 heavy (non-hydrogen) atoms. The quantitative estimate of drug-likeness (QED) is 0.650. The molecular formula is C19H22N2O3. The molecule has 0 saturated carbocycles. The first-order valence-corrected chi connectivity index (χ1v) is 7.74. The number of carbonyl (C=O) groups excluding carboxylic acids is 1. The molecule has 126 valence electrons. The predicted molar refractivity (Wildman–Crippen MR) is 94.9 cm³/mol. The van der Waals surface area contributed by atoms with Crippen molar-refractivity contribution >= 4 is 11.6 Å². The van der Waals surface area contributed by atoms with Gasteiger partial charge in [0.1, 0.15) is 0 Å². The molecule has 2 aromatic carbocycles. The Bertz CT molecular complexity index is 750. The molecule has 0 aliphatic carbocycles. The predicted octanol–water partition coefficient (Wildman–Crippen LogP) is 3.68. The Morgan fingerprint density at radius 3 is 2.33 bits per heavy atom. The molecule has 2 N–H and O–H groups in total. The molecule has 2 aromatic rings. The molecule has 5 nitrogen and oxygen atoms in total. The van der Waals surface area contributed by atoms with Gasteiger partial charge in [0.15, 0.2) is 11.5 Å². The largest absolute Gasteiger partial charge is 0.504 e. The molecule has 2 rings (SSSR count). The molecular weight excluding hydrogens is 304 g/mol. The Morgan fingerprint density at radius 1 is 1.12 bits per heavy atom. The summed E-state index contributed by atoms with van der Waals surface area (Å²) in [6.45, 7) is 5.98. The second-order valence-corrected chi connectivity index (χ2v) is 5.80. The van der Waals surface area contributed by atoms with Crippen LogP contribution in [0.4, 0.5) is 0 Å². The van der Waals surface area contributed by atoms with Crippen LogP contribution in [0.25, 0.3) is 0 Å². The van der Waals surface area contributed by atoms with Crippen LogP contribution in [0.15, 0.2) is 47.6 Å². The van der Waals surface area contributed by atoms with Crippen LogP contribution in [0.3, 0.4) is 0 Å². The molecule has 5 heteroatoms. The second kappa shape index (κ2) is 7.64. The molecule has 0 aromatic heterocycles. The second-order valence-electron chi connectivity index (χ2n) is 5.80. The molecule has 0 bridgehead atoms. The van der Waals surface area contributed by atoms with Gasteiger partial charge in [-0.1, -0.05) is 26.0 Å². The molecule has 0 atom stereocenters. The van der Waals surface area contributed by atoms with Gasteiger partial charge in [-0.15, -0.1) is 0 Å². The van der Waals surface area contributed by atoms with Crippen molar-refractivity contribution in [2.75, 3.05) is 7.11 Å². The van der Waals surface area contributed by atoms with Gasteiger partial charge in [0.05, 0.1) is 12.8 Å². The maximum atomic E-state index is 12.2. The summed E-state index contributed by atoms with van der Waals surface area (Å²) in [5.41, 5.74) is 5.64. The summed E-state index contributed by atoms with van der Waals surface area (Å²) in [5, 5.41) is 13.7. The van der Waals surface area contributed by atoms with E-state index in [4.69, 9.17) is 4.74 Å². The number of rotatable bonds is 5. The lowest BCUT2D eigenvalue weighted by Crippen LogP contribution is -2.19. The average molecular weight is 326 g/mol. The molecule has 0 aliphatic rings. The molecule has 0 aliphatic heterocycles. The van der Waals surface area contributed by atoms with E-state index in [2.05, 4.69) is 24.4 Å². The number of hydrogen-bond donors (Lipinski definition) is 2. The van der Waals surface area contributed by atoms with Crippen LogP contribution < -0.4 is 10.2 Å². The van der Waals surface area contributed by atoms with E-state index >= 15 is 0 Å². The average Bonchev–Trinajstić information content (AvgIpc) is 2.59. The maximum absolute atomic E-state index is 12.2. The zero-order chi connectivity index (χ0) is 17.7. The fourth-order valence-corrected chi connectivity index (χ4v) is 2.19. The first-order chi connectivity index (χ1) is 11.4. The fourth-order valence-electron chi connectivity index (χ4n) is 2.19. The molecule has 0 heterocycles. The topological polar surface area (TPSA) is 70.9 Å². The number of hydrogen-bond acceptors (Lipinski definition) is 4. The number of amides is 1. The number of hydrazone groups is 1. The monoisotopic (exact) mass is 326 g/mol. The van der Waals surface area contributed by atoms with Crippen molar-refractivity contribution in [1.29, 1.82) is 0 Å². The van der Waals surface area contributed by atoms with Crippen LogP contribution in [0, 0.1) is 0 Å². The van der Waals surface area contributed by atoms with Crippen molar-refractivity contribution in [2.24, 2.45) is 5.10 Å². The van der Waals surface area contributed by atoms with E-state index in [-0.39, 0.29) is 11.7 Å². The fraction of sp³-hybridized carbons (Fsp3) is 0.263. The molecule has 1 amide bonds. The van der Waals surface area contributed by atoms with Crippen LogP contribution >= 0.6 is 0 Å². The number of carbonyl (C=O) groups is 1. The van der Waals surface area contributed by atoms with E-state index in [1.807, 2.05) is 12.1 Å². The normalized spacial score (nSPS) is 11.5. The maximum Gasteiger partial charge on any atom is 0.271 e.